The average molecular weight is 281 g/mol. The molecule has 18 heavy (non-hydrogen) atoms. The van der Waals surface area contributed by atoms with Crippen molar-refractivity contribution >= 4 is 10.0 Å². The monoisotopic (exact) mass is 281 g/mol. The summed E-state index contributed by atoms with van der Waals surface area (Å²) in [6.45, 7) is 3.27. The van der Waals surface area contributed by atoms with Gasteiger partial charge in [-0.05, 0) is 24.6 Å². The molecule has 0 amide bonds. The average Bonchev–Trinajstić information content (AvgIpc) is 2.26. The highest BCUT2D eigenvalue weighted by Gasteiger charge is 2.33. The van der Waals surface area contributed by atoms with E-state index >= 15 is 0 Å². The molecule has 0 bridgehead atoms. The zero-order chi connectivity index (χ0) is 14.1. The van der Waals surface area contributed by atoms with Crippen LogP contribution >= 0.6 is 0 Å². The molecular formula is C11H14F3NO2S. The Hall–Kier alpha value is -1.08. The fraction of sp³-hybridized carbons (Fsp3) is 0.455. The van der Waals surface area contributed by atoms with Gasteiger partial charge in [0.25, 0.3) is 0 Å². The quantitative estimate of drug-likeness (QED) is 0.854. The van der Waals surface area contributed by atoms with Crippen molar-refractivity contribution in [3.8, 4) is 0 Å². The van der Waals surface area contributed by atoms with E-state index in [4.69, 9.17) is 0 Å². The van der Waals surface area contributed by atoms with Crippen LogP contribution in [0.25, 0.3) is 0 Å². The standard InChI is InChI=1S/C11H14F3NO2S/c1-4-15(3)18(16,17)10-7-9(11(12,13)14)6-5-8(10)2/h5-7H,4H2,1-3H3. The Balaban J connectivity index is 3.42. The van der Waals surface area contributed by atoms with Gasteiger partial charge in [0.1, 0.15) is 0 Å². The van der Waals surface area contributed by atoms with E-state index < -0.39 is 21.8 Å². The third-order valence-electron chi connectivity index (χ3n) is 2.65. The predicted molar refractivity (Wildman–Crippen MR) is 61.7 cm³/mol. The minimum atomic E-state index is -4.55. The first-order chi connectivity index (χ1) is 8.10. The first kappa shape index (κ1) is 15.0. The van der Waals surface area contributed by atoms with Gasteiger partial charge in [-0.1, -0.05) is 13.0 Å². The van der Waals surface area contributed by atoms with Gasteiger partial charge in [-0.3, -0.25) is 0 Å². The summed E-state index contributed by atoms with van der Waals surface area (Å²) in [6, 6.07) is 2.72. The molecule has 0 atom stereocenters. The molecule has 102 valence electrons. The summed E-state index contributed by atoms with van der Waals surface area (Å²) in [5.74, 6) is 0. The van der Waals surface area contributed by atoms with Crippen LogP contribution in [0.2, 0.25) is 0 Å². The smallest absolute Gasteiger partial charge is 0.207 e. The normalized spacial score (nSPS) is 13.1. The molecule has 0 aliphatic rings. The van der Waals surface area contributed by atoms with E-state index in [0.717, 1.165) is 10.4 Å². The first-order valence-corrected chi connectivity index (χ1v) is 6.69. The van der Waals surface area contributed by atoms with E-state index in [2.05, 4.69) is 0 Å². The van der Waals surface area contributed by atoms with Crippen LogP contribution in [0.1, 0.15) is 18.1 Å². The van der Waals surface area contributed by atoms with Crippen molar-refractivity contribution in [1.82, 2.24) is 4.31 Å². The molecule has 0 saturated heterocycles. The molecule has 0 unspecified atom stereocenters. The topological polar surface area (TPSA) is 37.4 Å². The number of benzene rings is 1. The summed E-state index contributed by atoms with van der Waals surface area (Å²) in [4.78, 5) is -0.304. The van der Waals surface area contributed by atoms with Crippen molar-refractivity contribution in [2.75, 3.05) is 13.6 Å². The van der Waals surface area contributed by atoms with E-state index in [9.17, 15) is 21.6 Å². The van der Waals surface area contributed by atoms with E-state index in [1.807, 2.05) is 0 Å². The van der Waals surface area contributed by atoms with Gasteiger partial charge in [-0.15, -0.1) is 0 Å². The molecule has 3 nitrogen and oxygen atoms in total. The molecule has 0 fully saturated rings. The first-order valence-electron chi connectivity index (χ1n) is 5.25. The Kier molecular flexibility index (Phi) is 4.07. The van der Waals surface area contributed by atoms with Crippen LogP contribution in [0, 0.1) is 6.92 Å². The van der Waals surface area contributed by atoms with Crippen LogP contribution in [-0.4, -0.2) is 26.3 Å². The lowest BCUT2D eigenvalue weighted by atomic mass is 10.1. The van der Waals surface area contributed by atoms with E-state index in [1.54, 1.807) is 6.92 Å². The second-order valence-electron chi connectivity index (χ2n) is 3.90. The molecule has 0 aliphatic heterocycles. The zero-order valence-corrected chi connectivity index (χ0v) is 11.1. The molecule has 7 heteroatoms. The van der Waals surface area contributed by atoms with Crippen molar-refractivity contribution in [2.24, 2.45) is 0 Å². The third-order valence-corrected chi connectivity index (χ3v) is 4.72. The number of rotatable bonds is 3. The van der Waals surface area contributed by atoms with E-state index in [1.165, 1.54) is 20.0 Å². The Bertz CT molecular complexity index is 538. The van der Waals surface area contributed by atoms with Gasteiger partial charge in [0.2, 0.25) is 10.0 Å². The minimum Gasteiger partial charge on any atom is -0.207 e. The van der Waals surface area contributed by atoms with Gasteiger partial charge in [-0.2, -0.15) is 13.2 Å². The van der Waals surface area contributed by atoms with Crippen molar-refractivity contribution in [2.45, 2.75) is 24.9 Å². The van der Waals surface area contributed by atoms with Crippen LogP contribution in [0.4, 0.5) is 13.2 Å². The predicted octanol–water partition coefficient (Wildman–Crippen LogP) is 2.65. The number of aryl methyl sites for hydroxylation is 1. The minimum absolute atomic E-state index is 0.192. The van der Waals surface area contributed by atoms with Crippen LogP contribution in [0.5, 0.6) is 0 Å². The molecule has 0 heterocycles. The Morgan fingerprint density at radius 3 is 2.28 bits per heavy atom. The fourth-order valence-corrected chi connectivity index (χ4v) is 2.82. The molecule has 1 rings (SSSR count). The maximum absolute atomic E-state index is 12.6. The second kappa shape index (κ2) is 4.89. The van der Waals surface area contributed by atoms with Gasteiger partial charge in [0.15, 0.2) is 0 Å². The van der Waals surface area contributed by atoms with Crippen molar-refractivity contribution in [3.63, 3.8) is 0 Å². The van der Waals surface area contributed by atoms with Crippen molar-refractivity contribution in [1.29, 1.82) is 0 Å². The Labute approximate surface area is 104 Å². The van der Waals surface area contributed by atoms with Crippen LogP contribution in [0.15, 0.2) is 23.1 Å². The maximum atomic E-state index is 12.6. The number of nitrogens with zero attached hydrogens (tertiary/aromatic N) is 1. The molecule has 0 aliphatic carbocycles. The number of hydrogen-bond donors (Lipinski definition) is 0. The molecule has 1 aromatic rings. The summed E-state index contributed by atoms with van der Waals surface area (Å²) >= 11 is 0. The SMILES string of the molecule is CCN(C)S(=O)(=O)c1cc(C(F)(F)F)ccc1C. The highest BCUT2D eigenvalue weighted by Crippen LogP contribution is 2.32. The van der Waals surface area contributed by atoms with Crippen LogP contribution < -0.4 is 0 Å². The Morgan fingerprint density at radius 1 is 1.28 bits per heavy atom. The summed E-state index contributed by atoms with van der Waals surface area (Å²) in [5, 5.41) is 0. The molecule has 0 N–H and O–H groups in total. The summed E-state index contributed by atoms with van der Waals surface area (Å²) in [7, 11) is -2.54. The highest BCUT2D eigenvalue weighted by atomic mass is 32.2. The largest absolute Gasteiger partial charge is 0.416 e. The van der Waals surface area contributed by atoms with Gasteiger partial charge in [0, 0.05) is 13.6 Å². The number of sulfonamides is 1. The van der Waals surface area contributed by atoms with Gasteiger partial charge in [0.05, 0.1) is 10.5 Å². The van der Waals surface area contributed by atoms with E-state index in [-0.39, 0.29) is 11.4 Å². The molecule has 0 spiro atoms. The fourth-order valence-electron chi connectivity index (χ4n) is 1.39. The maximum Gasteiger partial charge on any atom is 0.416 e. The van der Waals surface area contributed by atoms with Gasteiger partial charge in [-0.25, -0.2) is 12.7 Å². The summed E-state index contributed by atoms with van der Waals surface area (Å²) in [6.07, 6.45) is -4.55. The van der Waals surface area contributed by atoms with Gasteiger partial charge >= 0.3 is 6.18 Å². The highest BCUT2D eigenvalue weighted by molar-refractivity contribution is 7.89. The zero-order valence-electron chi connectivity index (χ0n) is 10.2. The lowest BCUT2D eigenvalue weighted by Gasteiger charge is -2.18. The van der Waals surface area contributed by atoms with Crippen LogP contribution in [-0.2, 0) is 16.2 Å². The van der Waals surface area contributed by atoms with Gasteiger partial charge < -0.3 is 0 Å². The second-order valence-corrected chi connectivity index (χ2v) is 5.91. The molecule has 1 aromatic carbocycles. The van der Waals surface area contributed by atoms with Crippen molar-refractivity contribution < 1.29 is 21.6 Å². The Morgan fingerprint density at radius 2 is 1.83 bits per heavy atom. The summed E-state index contributed by atoms with van der Waals surface area (Å²) in [5.41, 5.74) is -0.667. The van der Waals surface area contributed by atoms with Crippen molar-refractivity contribution in [3.05, 3.63) is 29.3 Å². The molecule has 0 saturated carbocycles. The molecular weight excluding hydrogens is 267 g/mol. The molecule has 0 aromatic heterocycles. The number of hydrogen-bond acceptors (Lipinski definition) is 2. The summed E-state index contributed by atoms with van der Waals surface area (Å²) < 4.78 is 62.7. The van der Waals surface area contributed by atoms with Crippen LogP contribution in [0.3, 0.4) is 0 Å². The van der Waals surface area contributed by atoms with E-state index in [0.29, 0.717) is 11.6 Å². The number of halogens is 3. The lowest BCUT2D eigenvalue weighted by molar-refractivity contribution is -0.137. The molecule has 0 radical (unpaired) electrons. The number of alkyl halides is 3. The lowest BCUT2D eigenvalue weighted by Crippen LogP contribution is -2.27. The third kappa shape index (κ3) is 2.84.